The van der Waals surface area contributed by atoms with E-state index in [9.17, 15) is 0 Å². The molecule has 0 atom stereocenters. The molecule has 0 fully saturated rings. The second-order valence-corrected chi connectivity index (χ2v) is 26.5. The number of fused-ring (bicyclic) bond motifs is 3. The van der Waals surface area contributed by atoms with Crippen molar-refractivity contribution < 1.29 is 0 Å². The van der Waals surface area contributed by atoms with Gasteiger partial charge in [-0.05, 0) is 12.1 Å². The van der Waals surface area contributed by atoms with Gasteiger partial charge in [-0.3, -0.25) is 0 Å². The minimum atomic E-state index is -2.55. The summed E-state index contributed by atoms with van der Waals surface area (Å²) in [5.74, 6) is 0. The van der Waals surface area contributed by atoms with Gasteiger partial charge in [-0.2, -0.15) is 0 Å². The summed E-state index contributed by atoms with van der Waals surface area (Å²) < 4.78 is 8.95. The van der Waals surface area contributed by atoms with Gasteiger partial charge >= 0.3 is 244 Å². The van der Waals surface area contributed by atoms with Crippen molar-refractivity contribution in [3.63, 3.8) is 0 Å². The predicted octanol–water partition coefficient (Wildman–Crippen LogP) is 11.6. The van der Waals surface area contributed by atoms with E-state index in [4.69, 9.17) is 0 Å². The van der Waals surface area contributed by atoms with E-state index in [-0.39, 0.29) is 5.41 Å². The quantitative estimate of drug-likeness (QED) is 0.112. The van der Waals surface area contributed by atoms with Gasteiger partial charge in [0, 0.05) is 0 Å². The Morgan fingerprint density at radius 2 is 1.20 bits per heavy atom. The standard InChI is InChI=1S/C29H29N2.3C4H9.Sn/c1-5-29(6-2)26-19-21(28-13-10-18-30(28)3)14-16-24(26)25-17-15-23(20-27(25)29)31(4)22-11-8-7-9-12-22;3*1-3-4-2;/h7-17,19-20H,5-6H2,1-4H3;3*1,3-4H2,2H3;. The van der Waals surface area contributed by atoms with Crippen LogP contribution in [-0.2, 0) is 12.5 Å². The van der Waals surface area contributed by atoms with E-state index in [1.807, 2.05) is 0 Å². The molecule has 4 aromatic rings. The molecule has 0 radical (unpaired) electrons. The predicted molar refractivity (Wildman–Crippen MR) is 197 cm³/mol. The molecule has 0 aliphatic heterocycles. The summed E-state index contributed by atoms with van der Waals surface area (Å²) in [6.07, 6.45) is 10.4. The fourth-order valence-corrected chi connectivity index (χ4v) is 25.1. The molecule has 2 nitrogen and oxygen atoms in total. The third-order valence-electron chi connectivity index (χ3n) is 11.1. The maximum atomic E-state index is 2.66. The average Bonchev–Trinajstić information content (AvgIpc) is 3.59. The zero-order valence-electron chi connectivity index (χ0n) is 28.7. The van der Waals surface area contributed by atoms with Gasteiger partial charge in [-0.1, -0.05) is 18.2 Å². The Hall–Kier alpha value is -2.46. The first-order valence-electron chi connectivity index (χ1n) is 17.6. The van der Waals surface area contributed by atoms with Crippen molar-refractivity contribution in [1.82, 2.24) is 4.57 Å². The summed E-state index contributed by atoms with van der Waals surface area (Å²) in [5.41, 5.74) is 11.2. The minimum absolute atomic E-state index is 0.0363. The molecule has 1 aromatic heterocycles. The molecule has 3 heteroatoms. The number of rotatable bonds is 15. The normalized spacial score (nSPS) is 13.6. The fourth-order valence-electron chi connectivity index (χ4n) is 8.30. The van der Waals surface area contributed by atoms with Gasteiger partial charge < -0.3 is 0 Å². The molecule has 0 spiro atoms. The first kappa shape index (κ1) is 32.9. The van der Waals surface area contributed by atoms with Crippen molar-refractivity contribution in [1.29, 1.82) is 0 Å². The number of hydrogen-bond acceptors (Lipinski definition) is 1. The van der Waals surface area contributed by atoms with Crippen molar-refractivity contribution in [3.05, 3.63) is 90.0 Å². The van der Waals surface area contributed by atoms with Gasteiger partial charge in [-0.25, -0.2) is 0 Å². The molecule has 1 aliphatic rings. The first-order chi connectivity index (χ1) is 21.4. The molecule has 1 heterocycles. The summed E-state index contributed by atoms with van der Waals surface area (Å²) in [6, 6.07) is 30.4. The molecule has 0 bridgehead atoms. The van der Waals surface area contributed by atoms with Crippen LogP contribution in [0.2, 0.25) is 13.3 Å². The topological polar surface area (TPSA) is 8.17 Å². The van der Waals surface area contributed by atoms with Crippen molar-refractivity contribution in [2.75, 3.05) is 11.9 Å². The first-order valence-corrected chi connectivity index (χ1v) is 25.1. The second kappa shape index (κ2) is 14.3. The van der Waals surface area contributed by atoms with Crippen molar-refractivity contribution >= 4 is 33.5 Å². The van der Waals surface area contributed by atoms with Crippen LogP contribution in [0.3, 0.4) is 0 Å². The number of para-hydroxylation sites is 1. The second-order valence-electron chi connectivity index (χ2n) is 13.4. The Balaban J connectivity index is 1.57. The molecular weight excluding hydrogens is 639 g/mol. The van der Waals surface area contributed by atoms with Crippen LogP contribution >= 0.6 is 0 Å². The van der Waals surface area contributed by atoms with Crippen LogP contribution in [-0.4, -0.2) is 30.0 Å². The third-order valence-corrected chi connectivity index (χ3v) is 26.8. The van der Waals surface area contributed by atoms with E-state index in [1.165, 1.54) is 96.7 Å². The van der Waals surface area contributed by atoms with E-state index in [1.54, 1.807) is 3.71 Å². The molecule has 5 rings (SSSR count). The molecule has 3 aromatic carbocycles. The average molecular weight is 696 g/mol. The number of benzene rings is 3. The van der Waals surface area contributed by atoms with Gasteiger partial charge in [0.2, 0.25) is 0 Å². The van der Waals surface area contributed by atoms with Gasteiger partial charge in [-0.15, -0.1) is 0 Å². The number of nitrogens with zero attached hydrogens (tertiary/aromatic N) is 2. The summed E-state index contributed by atoms with van der Waals surface area (Å²) in [4.78, 5) is 2.32. The van der Waals surface area contributed by atoms with Crippen LogP contribution in [0.1, 0.15) is 97.1 Å². The molecule has 0 unspecified atom stereocenters. The molecule has 1 aliphatic carbocycles. The molecule has 0 saturated carbocycles. The Kier molecular flexibility index (Phi) is 10.7. The zero-order chi connectivity index (χ0) is 31.3. The summed E-state index contributed by atoms with van der Waals surface area (Å²) >= 11 is -2.55. The Morgan fingerprint density at radius 1 is 0.636 bits per heavy atom. The van der Waals surface area contributed by atoms with E-state index in [2.05, 4.69) is 137 Å². The summed E-state index contributed by atoms with van der Waals surface area (Å²) in [6.45, 7) is 11.9. The van der Waals surface area contributed by atoms with Crippen LogP contribution in [0.4, 0.5) is 11.4 Å². The van der Waals surface area contributed by atoms with Crippen LogP contribution < -0.4 is 8.61 Å². The number of aromatic nitrogens is 1. The van der Waals surface area contributed by atoms with E-state index < -0.39 is 18.4 Å². The molecular formula is C41H56N2Sn. The third kappa shape index (κ3) is 5.93. The van der Waals surface area contributed by atoms with Crippen LogP contribution in [0, 0.1) is 0 Å². The Labute approximate surface area is 272 Å². The Bertz CT molecular complexity index is 1510. The molecule has 0 N–H and O–H groups in total. The molecule has 234 valence electrons. The summed E-state index contributed by atoms with van der Waals surface area (Å²) in [5, 5.41) is 0. The number of hydrogen-bond donors (Lipinski definition) is 0. The van der Waals surface area contributed by atoms with E-state index >= 15 is 0 Å². The number of anilines is 2. The van der Waals surface area contributed by atoms with Crippen molar-refractivity contribution in [2.24, 2.45) is 7.05 Å². The van der Waals surface area contributed by atoms with E-state index in [0.29, 0.717) is 0 Å². The van der Waals surface area contributed by atoms with Gasteiger partial charge in [0.25, 0.3) is 0 Å². The monoisotopic (exact) mass is 696 g/mol. The van der Waals surface area contributed by atoms with E-state index in [0.717, 1.165) is 12.8 Å². The van der Waals surface area contributed by atoms with Crippen molar-refractivity contribution in [3.8, 4) is 22.4 Å². The van der Waals surface area contributed by atoms with Gasteiger partial charge in [0.1, 0.15) is 0 Å². The molecule has 44 heavy (non-hydrogen) atoms. The maximum absolute atomic E-state index is 2.66. The Morgan fingerprint density at radius 3 is 1.77 bits per heavy atom. The number of unbranched alkanes of at least 4 members (excludes halogenated alkanes) is 3. The summed E-state index contributed by atoms with van der Waals surface area (Å²) in [7, 11) is 4.58. The van der Waals surface area contributed by atoms with Crippen LogP contribution in [0.15, 0.2) is 78.9 Å². The van der Waals surface area contributed by atoms with Gasteiger partial charge in [0.05, 0.1) is 0 Å². The fraction of sp³-hybridized carbons (Fsp3) is 0.463. The van der Waals surface area contributed by atoms with Crippen LogP contribution in [0.25, 0.3) is 22.4 Å². The molecule has 0 amide bonds. The zero-order valence-corrected chi connectivity index (χ0v) is 31.5. The van der Waals surface area contributed by atoms with Crippen LogP contribution in [0.5, 0.6) is 0 Å². The van der Waals surface area contributed by atoms with Crippen molar-refractivity contribution in [2.45, 2.75) is 105 Å². The SMILES string of the molecule is CCC[CH2][Sn]([CH2]CCC)([CH2]CCC)[c]1ccc(-c2ccc3c(c2)C(CC)(CC)c2cc(N(C)c4ccccc4)ccc2-3)n1C. The molecule has 0 saturated heterocycles. The van der Waals surface area contributed by atoms with Gasteiger partial charge in [0.15, 0.2) is 0 Å².